The molecule has 2 aliphatic rings. The molecular formula is C27H32F3N3O4. The van der Waals surface area contributed by atoms with Crippen LogP contribution in [0, 0.1) is 18.8 Å². The van der Waals surface area contributed by atoms with E-state index in [4.69, 9.17) is 9.47 Å². The van der Waals surface area contributed by atoms with Crippen LogP contribution in [0.2, 0.25) is 0 Å². The van der Waals surface area contributed by atoms with Gasteiger partial charge in [-0.2, -0.15) is 18.3 Å². The summed E-state index contributed by atoms with van der Waals surface area (Å²) in [6.07, 6.45) is -4.29. The van der Waals surface area contributed by atoms with E-state index in [0.29, 0.717) is 11.4 Å². The first-order chi connectivity index (χ1) is 17.5. The van der Waals surface area contributed by atoms with E-state index in [0.717, 1.165) is 30.9 Å². The second kappa shape index (κ2) is 10.5. The molecule has 200 valence electrons. The fourth-order valence-electron chi connectivity index (χ4n) is 5.11. The predicted octanol–water partition coefficient (Wildman–Crippen LogP) is 5.52. The molecule has 2 aromatic rings. The third-order valence-electron chi connectivity index (χ3n) is 7.18. The highest BCUT2D eigenvalue weighted by Gasteiger charge is 2.48. The average molecular weight is 520 g/mol. The number of aliphatic carboxylic acids is 1. The number of alkyl halides is 3. The number of hydrogen-bond acceptors (Lipinski definition) is 6. The smallest absolute Gasteiger partial charge is 0.431 e. The summed E-state index contributed by atoms with van der Waals surface area (Å²) in [6.45, 7) is 7.20. The average Bonchev–Trinajstić information content (AvgIpc) is 3.17. The van der Waals surface area contributed by atoms with Gasteiger partial charge in [-0.25, -0.2) is 0 Å². The molecule has 0 bridgehead atoms. The van der Waals surface area contributed by atoms with Gasteiger partial charge in [-0.05, 0) is 42.8 Å². The Morgan fingerprint density at radius 3 is 2.41 bits per heavy atom. The second-order valence-corrected chi connectivity index (χ2v) is 9.80. The minimum Gasteiger partial charge on any atom is -0.497 e. The van der Waals surface area contributed by atoms with Crippen molar-refractivity contribution in [3.8, 4) is 11.5 Å². The summed E-state index contributed by atoms with van der Waals surface area (Å²) < 4.78 is 51.9. The molecule has 0 aromatic heterocycles. The molecule has 1 fully saturated rings. The van der Waals surface area contributed by atoms with E-state index in [-0.39, 0.29) is 12.0 Å². The zero-order valence-corrected chi connectivity index (χ0v) is 21.3. The van der Waals surface area contributed by atoms with Crippen molar-refractivity contribution in [3.05, 3.63) is 48.0 Å². The van der Waals surface area contributed by atoms with Gasteiger partial charge in [0.05, 0.1) is 25.3 Å². The molecule has 0 aliphatic carbocycles. The van der Waals surface area contributed by atoms with E-state index in [2.05, 4.69) is 23.8 Å². The SMILES string of the molecule is COc1ccc(C)c(N2CC[C@@H](Oc3ccc(N4N=C(C(F)(F)F)[C@@H](C)[C@@H]4CC(=O)O)cc3)[C@H](C)C2)c1. The minimum absolute atomic E-state index is 0.0190. The van der Waals surface area contributed by atoms with Gasteiger partial charge >= 0.3 is 12.1 Å². The Balaban J connectivity index is 1.44. The molecule has 10 heteroatoms. The molecule has 4 rings (SSSR count). The molecule has 2 aromatic carbocycles. The van der Waals surface area contributed by atoms with Crippen LogP contribution in [-0.2, 0) is 4.79 Å². The molecule has 37 heavy (non-hydrogen) atoms. The maximum Gasteiger partial charge on any atom is 0.431 e. The molecule has 0 saturated carbocycles. The standard InChI is InChI=1S/C27H32F3N3O4/c1-16-5-8-21(36-4)13-22(16)32-12-11-24(17(2)15-32)37-20-9-6-19(7-10-20)33-23(14-25(34)35)18(3)26(31-33)27(28,29)30/h5-10,13,17-18,23-24H,11-12,14-15H2,1-4H3,(H,34,35)/t17-,18+,23+,24-/m1/s1. The number of aryl methyl sites for hydroxylation is 1. The summed E-state index contributed by atoms with van der Waals surface area (Å²) >= 11 is 0. The fraction of sp³-hybridized carbons (Fsp3) is 0.481. The van der Waals surface area contributed by atoms with Crippen LogP contribution in [0.5, 0.6) is 11.5 Å². The van der Waals surface area contributed by atoms with Crippen molar-refractivity contribution in [1.82, 2.24) is 0 Å². The van der Waals surface area contributed by atoms with E-state index < -0.39 is 36.2 Å². The highest BCUT2D eigenvalue weighted by atomic mass is 19.4. The van der Waals surface area contributed by atoms with Crippen LogP contribution >= 0.6 is 0 Å². The predicted molar refractivity (Wildman–Crippen MR) is 136 cm³/mol. The number of halogens is 3. The van der Waals surface area contributed by atoms with Gasteiger partial charge < -0.3 is 19.5 Å². The number of hydrazone groups is 1. The number of benzene rings is 2. The second-order valence-electron chi connectivity index (χ2n) is 9.80. The number of nitrogens with zero attached hydrogens (tertiary/aromatic N) is 3. The van der Waals surface area contributed by atoms with Crippen LogP contribution < -0.4 is 19.4 Å². The summed E-state index contributed by atoms with van der Waals surface area (Å²) in [6, 6.07) is 11.8. The van der Waals surface area contributed by atoms with Gasteiger partial charge in [0.2, 0.25) is 0 Å². The van der Waals surface area contributed by atoms with Crippen LogP contribution in [0.15, 0.2) is 47.6 Å². The number of hydrogen-bond donors (Lipinski definition) is 1. The molecule has 2 heterocycles. The van der Waals surface area contributed by atoms with E-state index in [1.54, 1.807) is 31.4 Å². The molecule has 0 unspecified atom stereocenters. The van der Waals surface area contributed by atoms with Gasteiger partial charge in [0.15, 0.2) is 0 Å². The summed E-state index contributed by atoms with van der Waals surface area (Å²) in [5.41, 5.74) is 1.74. The quantitative estimate of drug-likeness (QED) is 0.520. The van der Waals surface area contributed by atoms with Gasteiger partial charge in [0.1, 0.15) is 23.3 Å². The van der Waals surface area contributed by atoms with Crippen molar-refractivity contribution >= 4 is 23.1 Å². The van der Waals surface area contributed by atoms with Gasteiger partial charge in [-0.15, -0.1) is 0 Å². The first-order valence-corrected chi connectivity index (χ1v) is 12.3. The lowest BCUT2D eigenvalue weighted by molar-refractivity contribution is -0.137. The van der Waals surface area contributed by atoms with E-state index in [9.17, 15) is 23.1 Å². The van der Waals surface area contributed by atoms with Crippen LogP contribution in [0.4, 0.5) is 24.5 Å². The summed E-state index contributed by atoms with van der Waals surface area (Å²) in [5, 5.41) is 14.2. The summed E-state index contributed by atoms with van der Waals surface area (Å²) in [7, 11) is 1.65. The molecule has 0 amide bonds. The molecular weight excluding hydrogens is 487 g/mol. The highest BCUT2D eigenvalue weighted by Crippen LogP contribution is 2.37. The first-order valence-electron chi connectivity index (χ1n) is 12.3. The number of carboxylic acid groups (broad SMARTS) is 1. The van der Waals surface area contributed by atoms with Crippen LogP contribution in [0.3, 0.4) is 0 Å². The topological polar surface area (TPSA) is 74.6 Å². The van der Waals surface area contributed by atoms with Crippen molar-refractivity contribution < 1.29 is 32.5 Å². The zero-order valence-electron chi connectivity index (χ0n) is 21.3. The maximum atomic E-state index is 13.4. The van der Waals surface area contributed by atoms with Crippen LogP contribution in [0.25, 0.3) is 0 Å². The summed E-state index contributed by atoms with van der Waals surface area (Å²) in [5.74, 6) is -0.585. The number of carboxylic acids is 1. The molecule has 0 spiro atoms. The Hall–Kier alpha value is -3.43. The Morgan fingerprint density at radius 2 is 1.81 bits per heavy atom. The molecule has 2 aliphatic heterocycles. The summed E-state index contributed by atoms with van der Waals surface area (Å²) in [4.78, 5) is 13.6. The Kier molecular flexibility index (Phi) is 7.57. The van der Waals surface area contributed by atoms with Crippen LogP contribution in [-0.4, -0.2) is 55.3 Å². The van der Waals surface area contributed by atoms with Gasteiger partial charge in [-0.3, -0.25) is 9.80 Å². The monoisotopic (exact) mass is 519 g/mol. The van der Waals surface area contributed by atoms with Crippen LogP contribution in [0.1, 0.15) is 32.3 Å². The lowest BCUT2D eigenvalue weighted by atomic mass is 9.94. The maximum absolute atomic E-state index is 13.4. The van der Waals surface area contributed by atoms with E-state index in [1.165, 1.54) is 17.5 Å². The largest absolute Gasteiger partial charge is 0.497 e. The molecule has 7 nitrogen and oxygen atoms in total. The lowest BCUT2D eigenvalue weighted by Gasteiger charge is -2.39. The molecule has 1 saturated heterocycles. The number of anilines is 2. The van der Waals surface area contributed by atoms with Gasteiger partial charge in [0, 0.05) is 43.1 Å². The van der Waals surface area contributed by atoms with E-state index in [1.807, 2.05) is 18.2 Å². The van der Waals surface area contributed by atoms with Crippen molar-refractivity contribution in [2.45, 2.75) is 51.9 Å². The van der Waals surface area contributed by atoms with Crippen molar-refractivity contribution in [2.24, 2.45) is 16.9 Å². The third kappa shape index (κ3) is 5.78. The molecule has 4 atom stereocenters. The van der Waals surface area contributed by atoms with Crippen molar-refractivity contribution in [3.63, 3.8) is 0 Å². The van der Waals surface area contributed by atoms with E-state index >= 15 is 0 Å². The minimum atomic E-state index is -4.62. The van der Waals surface area contributed by atoms with Gasteiger partial charge in [0.25, 0.3) is 0 Å². The Bertz CT molecular complexity index is 1150. The lowest BCUT2D eigenvalue weighted by Crippen LogP contribution is -2.44. The number of methoxy groups -OCH3 is 1. The third-order valence-corrected chi connectivity index (χ3v) is 7.18. The Morgan fingerprint density at radius 1 is 1.14 bits per heavy atom. The van der Waals surface area contributed by atoms with Gasteiger partial charge in [-0.1, -0.05) is 19.9 Å². The van der Waals surface area contributed by atoms with Crippen molar-refractivity contribution in [1.29, 1.82) is 0 Å². The zero-order chi connectivity index (χ0) is 26.9. The number of piperidine rings is 1. The normalized spacial score (nSPS) is 24.1. The fourth-order valence-corrected chi connectivity index (χ4v) is 5.11. The number of carbonyl (C=O) groups is 1. The number of ether oxygens (including phenoxy) is 2. The number of rotatable bonds is 7. The van der Waals surface area contributed by atoms with Crippen molar-refractivity contribution in [2.75, 3.05) is 30.1 Å². The Labute approximate surface area is 214 Å². The molecule has 1 N–H and O–H groups in total. The highest BCUT2D eigenvalue weighted by molar-refractivity contribution is 5.95. The first kappa shape index (κ1) is 26.6. The molecule has 0 radical (unpaired) electrons.